The van der Waals surface area contributed by atoms with Crippen molar-refractivity contribution in [3.05, 3.63) is 0 Å². The van der Waals surface area contributed by atoms with Gasteiger partial charge in [-0.15, -0.1) is 0 Å². The molecular formula is C5H11NO3. The molecule has 4 nitrogen and oxygen atoms in total. The number of hydrogen-bond acceptors (Lipinski definition) is 3. The fraction of sp³-hybridized carbons (Fsp3) is 0.800. The number of amides is 1. The van der Waals surface area contributed by atoms with Gasteiger partial charge in [-0.05, 0) is 13.8 Å². The molecule has 0 aromatic heterocycles. The summed E-state index contributed by atoms with van der Waals surface area (Å²) in [6, 6.07) is 0. The summed E-state index contributed by atoms with van der Waals surface area (Å²) in [4.78, 5) is 14.6. The normalized spacial score (nSPS) is 12.8. The van der Waals surface area contributed by atoms with Crippen molar-refractivity contribution in [2.75, 3.05) is 6.61 Å². The number of aliphatic hydroxyl groups excluding tert-OH is 1. The van der Waals surface area contributed by atoms with E-state index in [9.17, 15) is 4.79 Å². The van der Waals surface area contributed by atoms with Gasteiger partial charge in [0.05, 0.1) is 6.61 Å². The summed E-state index contributed by atoms with van der Waals surface area (Å²) >= 11 is 0. The largest absolute Gasteiger partial charge is 0.372 e. The van der Waals surface area contributed by atoms with Crippen molar-refractivity contribution in [2.24, 2.45) is 0 Å². The molecule has 54 valence electrons. The van der Waals surface area contributed by atoms with Crippen LogP contribution in [0.1, 0.15) is 13.8 Å². The summed E-state index contributed by atoms with van der Waals surface area (Å²) in [6.07, 6.45) is -0.434. The van der Waals surface area contributed by atoms with Gasteiger partial charge in [0, 0.05) is 0 Å². The van der Waals surface area contributed by atoms with Crippen molar-refractivity contribution in [3.8, 4) is 0 Å². The van der Waals surface area contributed by atoms with Crippen LogP contribution in [0.3, 0.4) is 0 Å². The summed E-state index contributed by atoms with van der Waals surface area (Å²) < 4.78 is 0. The molecule has 0 aliphatic heterocycles. The molecule has 0 saturated carbocycles. The molecule has 1 amide bonds. The number of hydrogen-bond donors (Lipinski definition) is 1. The molecule has 9 heavy (non-hydrogen) atoms. The van der Waals surface area contributed by atoms with E-state index in [-0.39, 0.29) is 0 Å². The quantitative estimate of drug-likeness (QED) is 0.326. The first kappa shape index (κ1) is 8.39. The minimum Gasteiger partial charge on any atom is -0.372 e. The van der Waals surface area contributed by atoms with Gasteiger partial charge in [0.1, 0.15) is 0 Å². The summed E-state index contributed by atoms with van der Waals surface area (Å²) in [5, 5.41) is 9.56. The smallest absolute Gasteiger partial charge is 0.235 e. The van der Waals surface area contributed by atoms with Crippen molar-refractivity contribution < 1.29 is 14.7 Å². The van der Waals surface area contributed by atoms with Gasteiger partial charge in [-0.25, -0.2) is 0 Å². The number of carbonyl (C=O) groups is 1. The van der Waals surface area contributed by atoms with E-state index in [0.717, 1.165) is 5.06 Å². The maximum atomic E-state index is 9.98. The van der Waals surface area contributed by atoms with E-state index in [2.05, 4.69) is 4.84 Å². The van der Waals surface area contributed by atoms with Crippen molar-refractivity contribution >= 4 is 6.41 Å². The Morgan fingerprint density at radius 1 is 1.89 bits per heavy atom. The zero-order valence-corrected chi connectivity index (χ0v) is 5.57. The van der Waals surface area contributed by atoms with E-state index >= 15 is 0 Å². The topological polar surface area (TPSA) is 49.8 Å². The predicted molar refractivity (Wildman–Crippen MR) is 31.2 cm³/mol. The number of carbonyl (C=O) groups excluding carboxylic acids is 1. The first-order valence-electron chi connectivity index (χ1n) is 2.77. The molecule has 0 rings (SSSR count). The maximum absolute atomic E-state index is 9.98. The lowest BCUT2D eigenvalue weighted by atomic mass is 10.7. The summed E-state index contributed by atoms with van der Waals surface area (Å²) in [7, 11) is 0. The first-order chi connectivity index (χ1) is 4.22. The average Bonchev–Trinajstić information content (AvgIpc) is 1.82. The standard InChI is InChI=1S/C5H11NO3/c1-3-9-6(4-7)5(2)8/h4-5,8H,3H2,1-2H3. The molecule has 1 atom stereocenters. The Morgan fingerprint density at radius 2 is 2.44 bits per heavy atom. The van der Waals surface area contributed by atoms with Crippen molar-refractivity contribution in [3.63, 3.8) is 0 Å². The predicted octanol–water partition coefficient (Wildman–Crippen LogP) is -0.265. The second-order valence-electron chi connectivity index (χ2n) is 1.51. The molecule has 0 aliphatic carbocycles. The van der Waals surface area contributed by atoms with Crippen LogP contribution in [-0.2, 0) is 9.63 Å². The van der Waals surface area contributed by atoms with Crippen LogP contribution in [0.15, 0.2) is 0 Å². The monoisotopic (exact) mass is 133 g/mol. The van der Waals surface area contributed by atoms with E-state index in [1.54, 1.807) is 6.92 Å². The van der Waals surface area contributed by atoms with Crippen molar-refractivity contribution in [1.29, 1.82) is 0 Å². The molecule has 0 spiro atoms. The van der Waals surface area contributed by atoms with Gasteiger partial charge in [0.25, 0.3) is 0 Å². The fourth-order valence-corrected chi connectivity index (χ4v) is 0.375. The zero-order valence-electron chi connectivity index (χ0n) is 5.57. The molecule has 4 heteroatoms. The van der Waals surface area contributed by atoms with Gasteiger partial charge >= 0.3 is 0 Å². The van der Waals surface area contributed by atoms with E-state index in [0.29, 0.717) is 13.0 Å². The first-order valence-corrected chi connectivity index (χ1v) is 2.77. The highest BCUT2D eigenvalue weighted by Crippen LogP contribution is 1.90. The number of aliphatic hydroxyl groups is 1. The molecule has 1 N–H and O–H groups in total. The Bertz CT molecular complexity index is 84.3. The van der Waals surface area contributed by atoms with Crippen LogP contribution in [0.25, 0.3) is 0 Å². The number of rotatable bonds is 4. The highest BCUT2D eigenvalue weighted by molar-refractivity contribution is 5.45. The molecule has 0 aromatic carbocycles. The third-order valence-corrected chi connectivity index (χ3v) is 0.750. The van der Waals surface area contributed by atoms with E-state index < -0.39 is 6.23 Å². The summed E-state index contributed by atoms with van der Waals surface area (Å²) in [5.41, 5.74) is 0. The summed E-state index contributed by atoms with van der Waals surface area (Å²) in [5.74, 6) is 0. The van der Waals surface area contributed by atoms with Gasteiger partial charge < -0.3 is 5.11 Å². The fourth-order valence-electron chi connectivity index (χ4n) is 0.375. The van der Waals surface area contributed by atoms with E-state index in [4.69, 9.17) is 5.11 Å². The molecule has 0 bridgehead atoms. The molecule has 0 radical (unpaired) electrons. The summed E-state index contributed by atoms with van der Waals surface area (Å²) in [6.45, 7) is 3.56. The minimum absolute atomic E-state index is 0.379. The third kappa shape index (κ3) is 3.05. The lowest BCUT2D eigenvalue weighted by Gasteiger charge is -2.17. The Hall–Kier alpha value is -0.610. The Labute approximate surface area is 54.0 Å². The van der Waals surface area contributed by atoms with Crippen LogP contribution in [0.4, 0.5) is 0 Å². The second-order valence-corrected chi connectivity index (χ2v) is 1.51. The highest BCUT2D eigenvalue weighted by atomic mass is 16.7. The molecule has 0 saturated heterocycles. The van der Waals surface area contributed by atoms with E-state index in [1.165, 1.54) is 6.92 Å². The molecule has 0 heterocycles. The van der Waals surface area contributed by atoms with Crippen LogP contribution in [0, 0.1) is 0 Å². The van der Waals surface area contributed by atoms with Crippen LogP contribution < -0.4 is 0 Å². The molecule has 0 aromatic rings. The molecule has 1 unspecified atom stereocenters. The Morgan fingerprint density at radius 3 is 2.56 bits per heavy atom. The van der Waals surface area contributed by atoms with Crippen molar-refractivity contribution in [1.82, 2.24) is 5.06 Å². The van der Waals surface area contributed by atoms with Gasteiger partial charge in [-0.1, -0.05) is 0 Å². The Kier molecular flexibility index (Phi) is 4.00. The maximum Gasteiger partial charge on any atom is 0.235 e. The van der Waals surface area contributed by atoms with E-state index in [1.807, 2.05) is 0 Å². The Balaban J connectivity index is 3.54. The average molecular weight is 133 g/mol. The lowest BCUT2D eigenvalue weighted by molar-refractivity contribution is -0.215. The third-order valence-electron chi connectivity index (χ3n) is 0.750. The van der Waals surface area contributed by atoms with Crippen molar-refractivity contribution in [2.45, 2.75) is 20.1 Å². The molecule has 0 aliphatic rings. The molecule has 0 fully saturated rings. The second kappa shape index (κ2) is 4.29. The van der Waals surface area contributed by atoms with Crippen LogP contribution in [0.2, 0.25) is 0 Å². The SMILES string of the molecule is CCON(C=O)C(C)O. The minimum atomic E-state index is -0.873. The highest BCUT2D eigenvalue weighted by Gasteiger charge is 2.05. The van der Waals surface area contributed by atoms with Crippen LogP contribution >= 0.6 is 0 Å². The van der Waals surface area contributed by atoms with Gasteiger partial charge in [0.15, 0.2) is 6.23 Å². The number of hydroxylamine groups is 2. The number of nitrogens with zero attached hydrogens (tertiary/aromatic N) is 1. The van der Waals surface area contributed by atoms with Gasteiger partial charge in [0.2, 0.25) is 6.41 Å². The zero-order chi connectivity index (χ0) is 7.28. The lowest BCUT2D eigenvalue weighted by Crippen LogP contribution is -2.31. The van der Waals surface area contributed by atoms with Gasteiger partial charge in [-0.3, -0.25) is 9.63 Å². The van der Waals surface area contributed by atoms with Crippen LogP contribution in [0.5, 0.6) is 0 Å². The van der Waals surface area contributed by atoms with Crippen LogP contribution in [-0.4, -0.2) is 29.4 Å². The van der Waals surface area contributed by atoms with Gasteiger partial charge in [-0.2, -0.15) is 5.06 Å². The molecular weight excluding hydrogens is 122 g/mol.